The average molecular weight is 324 g/mol. The van der Waals surface area contributed by atoms with E-state index in [0.717, 1.165) is 47.3 Å². The van der Waals surface area contributed by atoms with Crippen molar-refractivity contribution in [2.24, 2.45) is 0 Å². The van der Waals surface area contributed by atoms with Gasteiger partial charge in [-0.05, 0) is 24.1 Å². The van der Waals surface area contributed by atoms with Crippen molar-refractivity contribution in [3.8, 4) is 5.75 Å². The van der Waals surface area contributed by atoms with E-state index in [1.165, 1.54) is 24.2 Å². The molecule has 0 bridgehead atoms. The number of likely N-dealkylation sites (tertiary alicyclic amines) is 1. The van der Waals surface area contributed by atoms with Crippen LogP contribution in [0.15, 0.2) is 5.38 Å². The lowest BCUT2D eigenvalue weighted by Gasteiger charge is -2.22. The van der Waals surface area contributed by atoms with Gasteiger partial charge >= 0.3 is 5.97 Å². The quantitative estimate of drug-likeness (QED) is 0.684. The van der Waals surface area contributed by atoms with E-state index in [-0.39, 0.29) is 18.5 Å². The molecule has 0 spiro atoms. The minimum atomic E-state index is -0.206. The van der Waals surface area contributed by atoms with Gasteiger partial charge in [-0.15, -0.1) is 11.3 Å². The molecule has 1 aromatic rings. The second-order valence-corrected chi connectivity index (χ2v) is 8.33. The van der Waals surface area contributed by atoms with Crippen LogP contribution < -0.4 is 0 Å². The molecule has 1 aliphatic heterocycles. The van der Waals surface area contributed by atoms with E-state index in [0.29, 0.717) is 11.7 Å². The molecule has 0 amide bonds. The first-order valence-corrected chi connectivity index (χ1v) is 9.13. The molecule has 1 saturated heterocycles. The topological polar surface area (TPSA) is 46.5 Å². The summed E-state index contributed by atoms with van der Waals surface area (Å²) in [5, 5.41) is 12.4. The fourth-order valence-corrected chi connectivity index (χ4v) is 4.75. The molecule has 1 aliphatic carbocycles. The van der Waals surface area contributed by atoms with Crippen molar-refractivity contribution in [1.29, 1.82) is 0 Å². The Bertz CT molecular complexity index is 546. The number of quaternary nitrogens is 1. The summed E-state index contributed by atoms with van der Waals surface area (Å²) in [4.78, 5) is 12.9. The van der Waals surface area contributed by atoms with Crippen LogP contribution in [0.1, 0.15) is 48.5 Å². The number of carbonyl (C=O) groups excluding carboxylic acids is 1. The third-order valence-corrected chi connectivity index (χ3v) is 6.01. The summed E-state index contributed by atoms with van der Waals surface area (Å²) in [5.74, 6) is 0.618. The van der Waals surface area contributed by atoms with Crippen LogP contribution in [-0.2, 0) is 16.0 Å². The number of hydrogen-bond acceptors (Lipinski definition) is 4. The number of nitrogens with zero attached hydrogens (tertiary/aromatic N) is 1. The fourth-order valence-electron chi connectivity index (χ4n) is 3.74. The molecule has 0 unspecified atom stereocenters. The molecule has 3 rings (SSSR count). The van der Waals surface area contributed by atoms with Crippen molar-refractivity contribution in [2.45, 2.75) is 50.5 Å². The van der Waals surface area contributed by atoms with Crippen molar-refractivity contribution < 1.29 is 19.1 Å². The van der Waals surface area contributed by atoms with Crippen LogP contribution in [0, 0.1) is 0 Å². The van der Waals surface area contributed by atoms with Crippen LogP contribution in [-0.4, -0.2) is 48.8 Å². The van der Waals surface area contributed by atoms with Crippen molar-refractivity contribution in [3.63, 3.8) is 0 Å². The number of thiophene rings is 1. The number of likely N-dealkylation sites (N-methyl/N-ethyl adjacent to an activating group) is 1. The standard InChI is InChI=1S/C17H25NO3S/c1-18(2)8-7-13(10-18)21-16(19)9-15-17(20)14(11-22-15)12-5-3-4-6-12/h11-13H,3-10H2,1-2H3/p+1/t13-/m0/s1. The lowest BCUT2D eigenvalue weighted by molar-refractivity contribution is -0.879. The second kappa shape index (κ2) is 6.20. The largest absolute Gasteiger partial charge is 0.506 e. The van der Waals surface area contributed by atoms with Gasteiger partial charge < -0.3 is 14.3 Å². The predicted octanol–water partition coefficient (Wildman–Crippen LogP) is 3.05. The molecule has 1 N–H and O–H groups in total. The Kier molecular flexibility index (Phi) is 4.46. The molecule has 1 saturated carbocycles. The van der Waals surface area contributed by atoms with Crippen LogP contribution in [0.4, 0.5) is 0 Å². The smallest absolute Gasteiger partial charge is 0.311 e. The van der Waals surface area contributed by atoms with Crippen LogP contribution >= 0.6 is 11.3 Å². The summed E-state index contributed by atoms with van der Waals surface area (Å²) < 4.78 is 6.49. The number of ether oxygens (including phenoxy) is 1. The number of aromatic hydroxyl groups is 1. The molecular weight excluding hydrogens is 298 g/mol. The minimum Gasteiger partial charge on any atom is -0.506 e. The number of esters is 1. The van der Waals surface area contributed by atoms with Gasteiger partial charge in [-0.2, -0.15) is 0 Å². The highest BCUT2D eigenvalue weighted by Crippen LogP contribution is 2.42. The lowest BCUT2D eigenvalue weighted by Crippen LogP contribution is -2.38. The molecule has 2 heterocycles. The molecule has 22 heavy (non-hydrogen) atoms. The van der Waals surface area contributed by atoms with Gasteiger partial charge in [0.15, 0.2) is 6.10 Å². The van der Waals surface area contributed by atoms with E-state index in [1.807, 2.05) is 5.38 Å². The average Bonchev–Trinajstić information content (AvgIpc) is 3.13. The maximum atomic E-state index is 12.1. The highest BCUT2D eigenvalue weighted by atomic mass is 32.1. The molecule has 0 aromatic carbocycles. The van der Waals surface area contributed by atoms with Gasteiger partial charge in [0.05, 0.1) is 31.9 Å². The fraction of sp³-hybridized carbons (Fsp3) is 0.706. The Morgan fingerprint density at radius 2 is 2.09 bits per heavy atom. The van der Waals surface area contributed by atoms with E-state index in [1.54, 1.807) is 0 Å². The summed E-state index contributed by atoms with van der Waals surface area (Å²) in [6.07, 6.45) is 5.96. The summed E-state index contributed by atoms with van der Waals surface area (Å²) >= 11 is 1.49. The summed E-state index contributed by atoms with van der Waals surface area (Å²) in [5.41, 5.74) is 1.05. The number of carbonyl (C=O) groups is 1. The van der Waals surface area contributed by atoms with Gasteiger partial charge in [0, 0.05) is 12.0 Å². The van der Waals surface area contributed by atoms with E-state index in [2.05, 4.69) is 14.1 Å². The second-order valence-electron chi connectivity index (χ2n) is 7.36. The number of hydrogen-bond donors (Lipinski definition) is 1. The van der Waals surface area contributed by atoms with E-state index in [4.69, 9.17) is 4.74 Å². The first kappa shape index (κ1) is 15.8. The Labute approximate surface area is 136 Å². The minimum absolute atomic E-state index is 0.0268. The zero-order chi connectivity index (χ0) is 15.7. The van der Waals surface area contributed by atoms with Gasteiger partial charge in [-0.25, -0.2) is 0 Å². The first-order chi connectivity index (χ1) is 10.4. The molecular formula is C17H26NO3S+. The summed E-state index contributed by atoms with van der Waals surface area (Å²) in [6, 6.07) is 0. The third kappa shape index (κ3) is 3.46. The summed E-state index contributed by atoms with van der Waals surface area (Å²) in [6.45, 7) is 1.93. The molecule has 5 heteroatoms. The molecule has 2 fully saturated rings. The highest BCUT2D eigenvalue weighted by molar-refractivity contribution is 7.10. The van der Waals surface area contributed by atoms with Gasteiger partial charge in [0.1, 0.15) is 12.3 Å². The monoisotopic (exact) mass is 324 g/mol. The Hall–Kier alpha value is -1.07. The molecule has 122 valence electrons. The Morgan fingerprint density at radius 1 is 1.36 bits per heavy atom. The molecule has 1 atom stereocenters. The maximum absolute atomic E-state index is 12.1. The zero-order valence-corrected chi connectivity index (χ0v) is 14.3. The van der Waals surface area contributed by atoms with Crippen LogP contribution in [0.25, 0.3) is 0 Å². The van der Waals surface area contributed by atoms with Gasteiger partial charge in [-0.1, -0.05) is 12.8 Å². The predicted molar refractivity (Wildman–Crippen MR) is 87.2 cm³/mol. The van der Waals surface area contributed by atoms with Crippen molar-refractivity contribution in [2.75, 3.05) is 27.2 Å². The highest BCUT2D eigenvalue weighted by Gasteiger charge is 2.33. The summed E-state index contributed by atoms with van der Waals surface area (Å²) in [7, 11) is 4.32. The van der Waals surface area contributed by atoms with E-state index in [9.17, 15) is 9.90 Å². The van der Waals surface area contributed by atoms with Crippen LogP contribution in [0.3, 0.4) is 0 Å². The van der Waals surface area contributed by atoms with Crippen LogP contribution in [0.5, 0.6) is 5.75 Å². The number of rotatable bonds is 4. The van der Waals surface area contributed by atoms with Gasteiger partial charge in [0.2, 0.25) is 0 Å². The molecule has 0 radical (unpaired) electrons. The first-order valence-electron chi connectivity index (χ1n) is 8.25. The van der Waals surface area contributed by atoms with Gasteiger partial charge in [-0.3, -0.25) is 4.79 Å². The van der Waals surface area contributed by atoms with E-state index < -0.39 is 0 Å². The Morgan fingerprint density at radius 3 is 2.73 bits per heavy atom. The molecule has 4 nitrogen and oxygen atoms in total. The lowest BCUT2D eigenvalue weighted by atomic mass is 9.99. The third-order valence-electron chi connectivity index (χ3n) is 5.02. The Balaban J connectivity index is 1.58. The zero-order valence-electron chi connectivity index (χ0n) is 13.5. The normalized spacial score (nSPS) is 24.7. The van der Waals surface area contributed by atoms with Crippen molar-refractivity contribution in [1.82, 2.24) is 0 Å². The maximum Gasteiger partial charge on any atom is 0.311 e. The van der Waals surface area contributed by atoms with Crippen molar-refractivity contribution >= 4 is 17.3 Å². The van der Waals surface area contributed by atoms with Crippen LogP contribution in [0.2, 0.25) is 0 Å². The SMILES string of the molecule is C[N+]1(C)CC[C@H](OC(=O)Cc2scc(C3CCCC3)c2O)C1. The molecule has 1 aromatic heterocycles. The van der Waals surface area contributed by atoms with Crippen molar-refractivity contribution in [3.05, 3.63) is 15.8 Å². The molecule has 2 aliphatic rings. The van der Waals surface area contributed by atoms with E-state index >= 15 is 0 Å². The van der Waals surface area contributed by atoms with Gasteiger partial charge in [0.25, 0.3) is 0 Å².